The van der Waals surface area contributed by atoms with Crippen LogP contribution in [0.15, 0.2) is 97.1 Å². The zero-order valence-electron chi connectivity index (χ0n) is 18.2. The summed E-state index contributed by atoms with van der Waals surface area (Å²) in [4.78, 5) is 54.4. The predicted octanol–water partition coefficient (Wildman–Crippen LogP) is 5.08. The maximum Gasteiger partial charge on any atom is 0.266 e. The van der Waals surface area contributed by atoms with E-state index < -0.39 is 23.6 Å². The second kappa shape index (κ2) is 7.78. The van der Waals surface area contributed by atoms with E-state index in [2.05, 4.69) is 0 Å². The van der Waals surface area contributed by atoms with E-state index in [1.807, 2.05) is 0 Å². The highest BCUT2D eigenvalue weighted by atomic mass is 16.5. The fraction of sp³-hybridized carbons (Fsp3) is 0. The summed E-state index contributed by atoms with van der Waals surface area (Å²) < 4.78 is 6.16. The summed E-state index contributed by atoms with van der Waals surface area (Å²) in [5.74, 6) is -1.34. The van der Waals surface area contributed by atoms with Gasteiger partial charge in [0.15, 0.2) is 11.5 Å². The first-order valence-corrected chi connectivity index (χ1v) is 10.9. The van der Waals surface area contributed by atoms with Crippen LogP contribution in [0, 0.1) is 0 Å². The number of carbonyl (C=O) groups is 4. The number of hydrogen-bond donors (Lipinski definition) is 0. The van der Waals surface area contributed by atoms with Crippen molar-refractivity contribution in [2.45, 2.75) is 0 Å². The minimum absolute atomic E-state index is 0.228. The van der Waals surface area contributed by atoms with Crippen molar-refractivity contribution in [3.8, 4) is 11.5 Å². The van der Waals surface area contributed by atoms with Crippen LogP contribution in [0.2, 0.25) is 0 Å². The number of fused-ring (bicyclic) bond motifs is 2. The molecule has 2 aliphatic rings. The van der Waals surface area contributed by atoms with Gasteiger partial charge in [-0.25, -0.2) is 9.80 Å². The topological polar surface area (TPSA) is 84.0 Å². The minimum Gasteiger partial charge on any atom is -0.453 e. The molecule has 0 fully saturated rings. The van der Waals surface area contributed by atoms with Gasteiger partial charge < -0.3 is 4.74 Å². The zero-order valence-corrected chi connectivity index (χ0v) is 18.2. The summed E-state index contributed by atoms with van der Waals surface area (Å²) >= 11 is 0. The molecule has 0 N–H and O–H groups in total. The monoisotopic (exact) mass is 460 g/mol. The van der Waals surface area contributed by atoms with E-state index in [4.69, 9.17) is 4.74 Å². The zero-order chi connectivity index (χ0) is 24.1. The molecule has 0 unspecified atom stereocenters. The molecule has 7 heteroatoms. The lowest BCUT2D eigenvalue weighted by Crippen LogP contribution is -2.30. The molecule has 4 aromatic carbocycles. The maximum absolute atomic E-state index is 13.1. The maximum atomic E-state index is 13.1. The molecule has 35 heavy (non-hydrogen) atoms. The Hall–Kier alpha value is -5.04. The molecule has 2 aliphatic heterocycles. The average Bonchev–Trinajstić information content (AvgIpc) is 3.30. The molecule has 0 bridgehead atoms. The Kier molecular flexibility index (Phi) is 4.57. The molecule has 0 atom stereocenters. The number of carbonyl (C=O) groups excluding carboxylic acids is 4. The summed E-state index contributed by atoms with van der Waals surface area (Å²) in [5, 5.41) is 0. The van der Waals surface area contributed by atoms with Crippen molar-refractivity contribution in [2.24, 2.45) is 0 Å². The van der Waals surface area contributed by atoms with Crippen molar-refractivity contribution in [3.63, 3.8) is 0 Å². The molecule has 0 aromatic heterocycles. The molecule has 0 aliphatic carbocycles. The Morgan fingerprint density at radius 3 is 1.03 bits per heavy atom. The Bertz CT molecular complexity index is 1390. The molecule has 0 saturated heterocycles. The van der Waals surface area contributed by atoms with Crippen molar-refractivity contribution in [3.05, 3.63) is 119 Å². The van der Waals surface area contributed by atoms with E-state index in [9.17, 15) is 19.2 Å². The highest BCUT2D eigenvalue weighted by Crippen LogP contribution is 2.41. The van der Waals surface area contributed by atoms with Gasteiger partial charge in [0.25, 0.3) is 23.6 Å². The van der Waals surface area contributed by atoms with Crippen LogP contribution in [-0.4, -0.2) is 23.6 Å². The van der Waals surface area contributed by atoms with Gasteiger partial charge in [0.05, 0.1) is 33.6 Å². The molecule has 0 radical (unpaired) electrons. The van der Waals surface area contributed by atoms with Crippen LogP contribution in [-0.2, 0) is 0 Å². The summed E-state index contributed by atoms with van der Waals surface area (Å²) in [5.41, 5.74) is 1.79. The van der Waals surface area contributed by atoms with Crippen LogP contribution in [0.4, 0.5) is 11.4 Å². The first-order chi connectivity index (χ1) is 17.1. The standard InChI is InChI=1S/C28H16N2O5/c31-25-17-9-1-2-10-18(17)26(32)29(25)21-13-5-7-15-23(21)35-24-16-8-6-14-22(24)30-27(33)19-11-3-4-12-20(19)28(30)34/h1-16H. The first-order valence-electron chi connectivity index (χ1n) is 10.9. The fourth-order valence-corrected chi connectivity index (χ4v) is 4.39. The van der Waals surface area contributed by atoms with Gasteiger partial charge in [-0.05, 0) is 48.5 Å². The van der Waals surface area contributed by atoms with Gasteiger partial charge in [-0.2, -0.15) is 0 Å². The van der Waals surface area contributed by atoms with Crippen molar-refractivity contribution in [1.29, 1.82) is 0 Å². The number of nitrogens with zero attached hydrogens (tertiary/aromatic N) is 2. The van der Waals surface area contributed by atoms with Gasteiger partial charge in [0.1, 0.15) is 0 Å². The van der Waals surface area contributed by atoms with Crippen molar-refractivity contribution in [1.82, 2.24) is 0 Å². The van der Waals surface area contributed by atoms with Crippen molar-refractivity contribution < 1.29 is 23.9 Å². The van der Waals surface area contributed by atoms with Crippen LogP contribution < -0.4 is 14.5 Å². The summed E-state index contributed by atoms with van der Waals surface area (Å²) in [7, 11) is 0. The van der Waals surface area contributed by atoms with Gasteiger partial charge in [-0.1, -0.05) is 48.5 Å². The number of hydrogen-bond acceptors (Lipinski definition) is 5. The summed E-state index contributed by atoms with van der Waals surface area (Å²) in [6, 6.07) is 26.5. The summed E-state index contributed by atoms with van der Waals surface area (Å²) in [6.45, 7) is 0. The first kappa shape index (κ1) is 20.6. The number of para-hydroxylation sites is 4. The third-order valence-corrected chi connectivity index (χ3v) is 6.02. The predicted molar refractivity (Wildman–Crippen MR) is 128 cm³/mol. The Labute approximate surface area is 199 Å². The number of benzene rings is 4. The number of ether oxygens (including phenoxy) is 1. The van der Waals surface area contributed by atoms with E-state index in [0.29, 0.717) is 22.3 Å². The smallest absolute Gasteiger partial charge is 0.266 e. The van der Waals surface area contributed by atoms with Gasteiger partial charge in [0, 0.05) is 0 Å². The van der Waals surface area contributed by atoms with Gasteiger partial charge in [-0.15, -0.1) is 0 Å². The lowest BCUT2D eigenvalue weighted by atomic mass is 10.1. The second-order valence-corrected chi connectivity index (χ2v) is 8.02. The average molecular weight is 460 g/mol. The Balaban J connectivity index is 1.40. The quantitative estimate of drug-likeness (QED) is 0.397. The Morgan fingerprint density at radius 1 is 0.400 bits per heavy atom. The highest BCUT2D eigenvalue weighted by molar-refractivity contribution is 6.35. The van der Waals surface area contributed by atoms with Gasteiger partial charge in [-0.3, -0.25) is 19.2 Å². The molecular formula is C28H16N2O5. The van der Waals surface area contributed by atoms with E-state index in [1.54, 1.807) is 97.1 Å². The molecule has 0 spiro atoms. The van der Waals surface area contributed by atoms with E-state index >= 15 is 0 Å². The number of imide groups is 2. The molecule has 4 amide bonds. The van der Waals surface area contributed by atoms with Crippen molar-refractivity contribution in [2.75, 3.05) is 9.80 Å². The molecule has 6 rings (SSSR count). The lowest BCUT2D eigenvalue weighted by molar-refractivity contribution is 0.0910. The van der Waals surface area contributed by atoms with Crippen LogP contribution >= 0.6 is 0 Å². The minimum atomic E-state index is -0.449. The molecule has 4 aromatic rings. The summed E-state index contributed by atoms with van der Waals surface area (Å²) in [6.07, 6.45) is 0. The molecule has 168 valence electrons. The Morgan fingerprint density at radius 2 is 0.686 bits per heavy atom. The van der Waals surface area contributed by atoms with Crippen LogP contribution in [0.1, 0.15) is 41.4 Å². The largest absolute Gasteiger partial charge is 0.453 e. The molecule has 7 nitrogen and oxygen atoms in total. The third-order valence-electron chi connectivity index (χ3n) is 6.02. The molecular weight excluding hydrogens is 444 g/mol. The van der Waals surface area contributed by atoms with E-state index in [0.717, 1.165) is 9.80 Å². The van der Waals surface area contributed by atoms with Crippen LogP contribution in [0.5, 0.6) is 11.5 Å². The molecule has 2 heterocycles. The van der Waals surface area contributed by atoms with E-state index in [1.165, 1.54) is 0 Å². The van der Waals surface area contributed by atoms with Gasteiger partial charge in [0.2, 0.25) is 0 Å². The van der Waals surface area contributed by atoms with Crippen LogP contribution in [0.3, 0.4) is 0 Å². The lowest BCUT2D eigenvalue weighted by Gasteiger charge is -2.21. The van der Waals surface area contributed by atoms with Gasteiger partial charge >= 0.3 is 0 Å². The second-order valence-electron chi connectivity index (χ2n) is 8.02. The number of amides is 4. The number of anilines is 2. The highest BCUT2D eigenvalue weighted by Gasteiger charge is 2.39. The SMILES string of the molecule is O=C1c2ccccc2C(=O)N1c1ccccc1Oc1ccccc1N1C(=O)c2ccccc2C1=O. The normalized spacial score (nSPS) is 14.4. The number of rotatable bonds is 4. The molecule has 0 saturated carbocycles. The van der Waals surface area contributed by atoms with Crippen LogP contribution in [0.25, 0.3) is 0 Å². The van der Waals surface area contributed by atoms with E-state index in [-0.39, 0.29) is 22.9 Å². The third kappa shape index (κ3) is 3.06. The van der Waals surface area contributed by atoms with Crippen molar-refractivity contribution >= 4 is 35.0 Å². The fourth-order valence-electron chi connectivity index (χ4n) is 4.39.